The average molecular weight is 328 g/mol. The molecule has 1 N–H and O–H groups in total. The summed E-state index contributed by atoms with van der Waals surface area (Å²) in [5, 5.41) is 0. The fraction of sp³-hybridized carbons (Fsp3) is 0.556. The van der Waals surface area contributed by atoms with Crippen molar-refractivity contribution in [1.29, 1.82) is 0 Å². The molecule has 0 bridgehead atoms. The molecule has 1 heterocycles. The molecule has 4 nitrogen and oxygen atoms in total. The van der Waals surface area contributed by atoms with Crippen LogP contribution in [0.25, 0.3) is 0 Å². The Kier molecular flexibility index (Phi) is 5.39. The predicted octanol–water partition coefficient (Wildman–Crippen LogP) is 2.21. The van der Waals surface area contributed by atoms with Gasteiger partial charge in [-0.05, 0) is 41.9 Å². The molecule has 0 amide bonds. The van der Waals surface area contributed by atoms with E-state index in [0.29, 0.717) is 17.4 Å². The highest BCUT2D eigenvalue weighted by Gasteiger charge is 2.19. The average Bonchev–Trinajstić information content (AvgIpc) is 2.62. The number of thiophene rings is 1. The number of hydrogen-bond acceptors (Lipinski definition) is 4. The summed E-state index contributed by atoms with van der Waals surface area (Å²) in [6, 6.07) is 3.06. The molecule has 0 fully saturated rings. The summed E-state index contributed by atoms with van der Waals surface area (Å²) in [7, 11) is -3.41. The monoisotopic (exact) mass is 327 g/mol. The Morgan fingerprint density at radius 2 is 2.25 bits per heavy atom. The van der Waals surface area contributed by atoms with E-state index in [1.165, 1.54) is 11.3 Å². The fourth-order valence-corrected chi connectivity index (χ4v) is 4.35. The summed E-state index contributed by atoms with van der Waals surface area (Å²) in [4.78, 5) is 0. The van der Waals surface area contributed by atoms with Crippen LogP contribution < -0.4 is 4.72 Å². The molecule has 0 aliphatic heterocycles. The molecule has 16 heavy (non-hydrogen) atoms. The first-order valence-corrected chi connectivity index (χ1v) is 7.90. The molecule has 0 aromatic carbocycles. The zero-order chi connectivity index (χ0) is 12.2. The van der Waals surface area contributed by atoms with E-state index in [0.717, 1.165) is 3.79 Å². The fourth-order valence-electron chi connectivity index (χ4n) is 1.09. The number of sulfonamides is 1. The van der Waals surface area contributed by atoms with Gasteiger partial charge in [0.05, 0.1) is 10.4 Å². The van der Waals surface area contributed by atoms with Gasteiger partial charge in [-0.2, -0.15) is 0 Å². The maximum Gasteiger partial charge on any atom is 0.250 e. The van der Waals surface area contributed by atoms with Crippen molar-refractivity contribution >= 4 is 37.3 Å². The zero-order valence-corrected chi connectivity index (χ0v) is 12.3. The predicted molar refractivity (Wildman–Crippen MR) is 68.3 cm³/mol. The van der Waals surface area contributed by atoms with Crippen molar-refractivity contribution in [3.05, 3.63) is 15.9 Å². The quantitative estimate of drug-likeness (QED) is 0.871. The SMILES string of the molecule is CCOCC(C)NS(=O)(=O)c1ccc(Br)s1. The number of nitrogens with one attached hydrogen (secondary N) is 1. The van der Waals surface area contributed by atoms with E-state index in [1.807, 2.05) is 6.92 Å². The lowest BCUT2D eigenvalue weighted by atomic mass is 10.4. The van der Waals surface area contributed by atoms with Crippen LogP contribution in [0.3, 0.4) is 0 Å². The van der Waals surface area contributed by atoms with Crippen LogP contribution >= 0.6 is 27.3 Å². The van der Waals surface area contributed by atoms with Crippen LogP contribution in [-0.2, 0) is 14.8 Å². The van der Waals surface area contributed by atoms with Crippen molar-refractivity contribution in [2.24, 2.45) is 0 Å². The summed E-state index contributed by atoms with van der Waals surface area (Å²) in [6.07, 6.45) is 0. The second kappa shape index (κ2) is 6.11. The van der Waals surface area contributed by atoms with Gasteiger partial charge in [-0.1, -0.05) is 0 Å². The highest BCUT2D eigenvalue weighted by atomic mass is 79.9. The van der Waals surface area contributed by atoms with Gasteiger partial charge in [-0.3, -0.25) is 0 Å². The van der Waals surface area contributed by atoms with Crippen molar-refractivity contribution in [3.8, 4) is 0 Å². The lowest BCUT2D eigenvalue weighted by Crippen LogP contribution is -2.35. The molecule has 7 heteroatoms. The smallest absolute Gasteiger partial charge is 0.250 e. The van der Waals surface area contributed by atoms with E-state index >= 15 is 0 Å². The zero-order valence-electron chi connectivity index (χ0n) is 9.07. The molecule has 0 aliphatic carbocycles. The Hall–Kier alpha value is 0.0500. The topological polar surface area (TPSA) is 55.4 Å². The number of rotatable bonds is 6. The molecular formula is C9H14BrNO3S2. The number of ether oxygens (including phenoxy) is 1. The van der Waals surface area contributed by atoms with Gasteiger partial charge in [0.1, 0.15) is 4.21 Å². The summed E-state index contributed by atoms with van der Waals surface area (Å²) >= 11 is 4.42. The van der Waals surface area contributed by atoms with Gasteiger partial charge in [0.25, 0.3) is 0 Å². The summed E-state index contributed by atoms with van der Waals surface area (Å²) in [6.45, 7) is 4.60. The second-order valence-corrected chi connectivity index (χ2v) is 7.64. The van der Waals surface area contributed by atoms with Crippen molar-refractivity contribution < 1.29 is 13.2 Å². The molecule has 1 rings (SSSR count). The number of halogens is 1. The Balaban J connectivity index is 2.65. The Morgan fingerprint density at radius 3 is 2.75 bits per heavy atom. The lowest BCUT2D eigenvalue weighted by molar-refractivity contribution is 0.133. The minimum atomic E-state index is -3.41. The molecule has 92 valence electrons. The van der Waals surface area contributed by atoms with E-state index in [1.54, 1.807) is 19.1 Å². The highest BCUT2D eigenvalue weighted by molar-refractivity contribution is 9.11. The van der Waals surface area contributed by atoms with E-state index in [9.17, 15) is 8.42 Å². The van der Waals surface area contributed by atoms with Crippen LogP contribution in [0, 0.1) is 0 Å². The van der Waals surface area contributed by atoms with Gasteiger partial charge in [-0.25, -0.2) is 13.1 Å². The van der Waals surface area contributed by atoms with Crippen LogP contribution in [0.5, 0.6) is 0 Å². The lowest BCUT2D eigenvalue weighted by Gasteiger charge is -2.12. The number of hydrogen-bond donors (Lipinski definition) is 1. The molecule has 0 spiro atoms. The van der Waals surface area contributed by atoms with Crippen molar-refractivity contribution in [1.82, 2.24) is 4.72 Å². The van der Waals surface area contributed by atoms with Gasteiger partial charge in [0.2, 0.25) is 10.0 Å². The van der Waals surface area contributed by atoms with E-state index < -0.39 is 10.0 Å². The molecule has 1 unspecified atom stereocenters. The Bertz CT molecular complexity index is 430. The molecule has 0 saturated heterocycles. The summed E-state index contributed by atoms with van der Waals surface area (Å²) in [5.74, 6) is 0. The van der Waals surface area contributed by atoms with Crippen molar-refractivity contribution in [3.63, 3.8) is 0 Å². The maximum absolute atomic E-state index is 11.8. The van der Waals surface area contributed by atoms with E-state index in [4.69, 9.17) is 4.74 Å². The molecule has 0 aliphatic rings. The van der Waals surface area contributed by atoms with Crippen molar-refractivity contribution in [2.45, 2.75) is 24.1 Å². The largest absolute Gasteiger partial charge is 0.380 e. The standard InChI is InChI=1S/C9H14BrNO3S2/c1-3-14-6-7(2)11-16(12,13)9-5-4-8(10)15-9/h4-5,7,11H,3,6H2,1-2H3. The van der Waals surface area contributed by atoms with Gasteiger partial charge in [0, 0.05) is 12.6 Å². The molecule has 1 aromatic rings. The van der Waals surface area contributed by atoms with Gasteiger partial charge < -0.3 is 4.74 Å². The summed E-state index contributed by atoms with van der Waals surface area (Å²) < 4.78 is 32.5. The van der Waals surface area contributed by atoms with Crippen LogP contribution in [0.1, 0.15) is 13.8 Å². The first-order chi connectivity index (χ1) is 7.45. The van der Waals surface area contributed by atoms with E-state index in [-0.39, 0.29) is 6.04 Å². The Labute approximate surface area is 108 Å². The normalized spacial score (nSPS) is 13.9. The Morgan fingerprint density at radius 1 is 1.56 bits per heavy atom. The molecule has 1 aromatic heterocycles. The van der Waals surface area contributed by atoms with Gasteiger partial charge in [-0.15, -0.1) is 11.3 Å². The summed E-state index contributed by atoms with van der Waals surface area (Å²) in [5.41, 5.74) is 0. The third-order valence-corrected chi connectivity index (χ3v) is 5.45. The van der Waals surface area contributed by atoms with Crippen LogP contribution in [0.15, 0.2) is 20.1 Å². The molecule has 1 atom stereocenters. The molecule has 0 radical (unpaired) electrons. The highest BCUT2D eigenvalue weighted by Crippen LogP contribution is 2.25. The molecular weight excluding hydrogens is 314 g/mol. The minimum absolute atomic E-state index is 0.231. The van der Waals surface area contributed by atoms with Crippen molar-refractivity contribution in [2.75, 3.05) is 13.2 Å². The van der Waals surface area contributed by atoms with Gasteiger partial charge in [0.15, 0.2) is 0 Å². The minimum Gasteiger partial charge on any atom is -0.380 e. The first-order valence-electron chi connectivity index (χ1n) is 4.81. The second-order valence-electron chi connectivity index (χ2n) is 3.24. The van der Waals surface area contributed by atoms with Crippen LogP contribution in [0.2, 0.25) is 0 Å². The third-order valence-electron chi connectivity index (χ3n) is 1.74. The molecule has 0 saturated carbocycles. The maximum atomic E-state index is 11.8. The van der Waals surface area contributed by atoms with E-state index in [2.05, 4.69) is 20.7 Å². The van der Waals surface area contributed by atoms with Crippen LogP contribution in [-0.4, -0.2) is 27.7 Å². The third kappa shape index (κ3) is 4.14. The van der Waals surface area contributed by atoms with Crippen LogP contribution in [0.4, 0.5) is 0 Å². The first kappa shape index (κ1) is 14.1. The van der Waals surface area contributed by atoms with Gasteiger partial charge >= 0.3 is 0 Å².